The van der Waals surface area contributed by atoms with Gasteiger partial charge in [0.05, 0.1) is 30.7 Å². The van der Waals surface area contributed by atoms with Gasteiger partial charge in [-0.3, -0.25) is 14.3 Å². The second kappa shape index (κ2) is 8.21. The highest BCUT2D eigenvalue weighted by molar-refractivity contribution is 7.89. The normalized spacial score (nSPS) is 15.9. The Morgan fingerprint density at radius 3 is 2.74 bits per heavy atom. The van der Waals surface area contributed by atoms with E-state index in [1.165, 1.54) is 25.3 Å². The number of nitrogens with zero attached hydrogens (tertiary/aromatic N) is 2. The van der Waals surface area contributed by atoms with E-state index < -0.39 is 21.7 Å². The topological polar surface area (TPSA) is 120 Å². The van der Waals surface area contributed by atoms with E-state index in [9.17, 15) is 18.0 Å². The van der Waals surface area contributed by atoms with Crippen molar-refractivity contribution < 1.29 is 27.1 Å². The van der Waals surface area contributed by atoms with E-state index >= 15 is 0 Å². The number of benzene rings is 1. The van der Waals surface area contributed by atoms with E-state index in [1.54, 1.807) is 0 Å². The molecule has 0 aliphatic carbocycles. The molecule has 3 rings (SSSR count). The van der Waals surface area contributed by atoms with Crippen LogP contribution in [0, 0.1) is 0 Å². The minimum absolute atomic E-state index is 0.0176. The van der Waals surface area contributed by atoms with Crippen molar-refractivity contribution in [3.63, 3.8) is 0 Å². The van der Waals surface area contributed by atoms with Crippen LogP contribution in [0.5, 0.6) is 0 Å². The summed E-state index contributed by atoms with van der Waals surface area (Å²) in [6, 6.07) is 4.06. The SMILES string of the molecule is COC(=O)Cn1c(=O)oc2cc(S(=O)(=O)NCCN3CCOCC3)ccc21. The molecule has 1 aromatic heterocycles. The molecule has 0 radical (unpaired) electrons. The van der Waals surface area contributed by atoms with Gasteiger partial charge in [0.25, 0.3) is 0 Å². The van der Waals surface area contributed by atoms with E-state index in [1.807, 2.05) is 0 Å². The number of carbonyl (C=O) groups is 1. The van der Waals surface area contributed by atoms with Crippen molar-refractivity contribution in [2.45, 2.75) is 11.4 Å². The van der Waals surface area contributed by atoms with Crippen molar-refractivity contribution in [1.82, 2.24) is 14.2 Å². The maximum absolute atomic E-state index is 12.5. The summed E-state index contributed by atoms with van der Waals surface area (Å²) in [7, 11) is -2.54. The highest BCUT2D eigenvalue weighted by atomic mass is 32.2. The molecule has 10 nitrogen and oxygen atoms in total. The number of nitrogens with one attached hydrogen (secondary N) is 1. The van der Waals surface area contributed by atoms with Crippen LogP contribution in [0.2, 0.25) is 0 Å². The van der Waals surface area contributed by atoms with Gasteiger partial charge in [-0.25, -0.2) is 17.9 Å². The molecule has 0 bridgehead atoms. The molecule has 2 heterocycles. The molecule has 0 spiro atoms. The lowest BCUT2D eigenvalue weighted by Crippen LogP contribution is -2.41. The number of sulfonamides is 1. The lowest BCUT2D eigenvalue weighted by Gasteiger charge is -2.26. The molecule has 1 N–H and O–H groups in total. The van der Waals surface area contributed by atoms with Crippen molar-refractivity contribution in [3.8, 4) is 0 Å². The van der Waals surface area contributed by atoms with E-state index in [0.29, 0.717) is 25.3 Å². The molecule has 1 fully saturated rings. The summed E-state index contributed by atoms with van der Waals surface area (Å²) in [6.45, 7) is 3.35. The van der Waals surface area contributed by atoms with Crippen LogP contribution in [0.3, 0.4) is 0 Å². The third-order valence-corrected chi connectivity index (χ3v) is 5.75. The Hall–Kier alpha value is -2.21. The zero-order chi connectivity index (χ0) is 19.4. The molecule has 1 saturated heterocycles. The van der Waals surface area contributed by atoms with Crippen LogP contribution in [-0.2, 0) is 30.8 Å². The predicted octanol–water partition coefficient (Wildman–Crippen LogP) is -0.622. The van der Waals surface area contributed by atoms with Crippen molar-refractivity contribution in [2.75, 3.05) is 46.5 Å². The Labute approximate surface area is 155 Å². The number of oxazole rings is 1. The fraction of sp³-hybridized carbons (Fsp3) is 0.500. The molecular formula is C16H21N3O7S. The number of morpholine rings is 1. The molecule has 0 atom stereocenters. The molecule has 1 aliphatic rings. The summed E-state index contributed by atoms with van der Waals surface area (Å²) in [5.74, 6) is -1.37. The molecule has 11 heteroatoms. The first-order chi connectivity index (χ1) is 12.9. The van der Waals surface area contributed by atoms with Gasteiger partial charge in [-0.05, 0) is 12.1 Å². The predicted molar refractivity (Wildman–Crippen MR) is 94.9 cm³/mol. The number of ether oxygens (including phenoxy) is 2. The fourth-order valence-corrected chi connectivity index (χ4v) is 3.84. The van der Waals surface area contributed by atoms with Gasteiger partial charge in [0, 0.05) is 32.2 Å². The molecule has 148 valence electrons. The average Bonchev–Trinajstić information content (AvgIpc) is 2.97. The van der Waals surface area contributed by atoms with Crippen LogP contribution in [0.15, 0.2) is 32.3 Å². The smallest absolute Gasteiger partial charge is 0.420 e. The molecule has 0 amide bonds. The maximum Gasteiger partial charge on any atom is 0.420 e. The van der Waals surface area contributed by atoms with Gasteiger partial charge in [0.2, 0.25) is 10.0 Å². The Morgan fingerprint density at radius 1 is 1.30 bits per heavy atom. The number of esters is 1. The van der Waals surface area contributed by atoms with Gasteiger partial charge in [0.15, 0.2) is 5.58 Å². The van der Waals surface area contributed by atoms with Gasteiger partial charge in [-0.2, -0.15) is 0 Å². The zero-order valence-electron chi connectivity index (χ0n) is 14.8. The molecule has 1 aliphatic heterocycles. The molecule has 2 aromatic rings. The van der Waals surface area contributed by atoms with Crippen LogP contribution >= 0.6 is 0 Å². The summed E-state index contributed by atoms with van der Waals surface area (Å²) >= 11 is 0. The molecule has 27 heavy (non-hydrogen) atoms. The largest absolute Gasteiger partial charge is 0.468 e. The van der Waals surface area contributed by atoms with Gasteiger partial charge < -0.3 is 13.9 Å². The summed E-state index contributed by atoms with van der Waals surface area (Å²) < 4.78 is 43.4. The number of aromatic nitrogens is 1. The summed E-state index contributed by atoms with van der Waals surface area (Å²) in [6.07, 6.45) is 0. The number of hydrogen-bond acceptors (Lipinski definition) is 8. The highest BCUT2D eigenvalue weighted by Crippen LogP contribution is 2.18. The standard InChI is InChI=1S/C16H21N3O7S/c1-24-15(20)11-19-13-3-2-12(10-14(13)26-16(19)21)27(22,23)17-4-5-18-6-8-25-9-7-18/h2-3,10,17H,4-9,11H2,1H3. The Kier molecular flexibility index (Phi) is 5.95. The number of carbonyl (C=O) groups excluding carboxylic acids is 1. The Balaban J connectivity index is 1.73. The first kappa shape index (κ1) is 19.5. The fourth-order valence-electron chi connectivity index (χ4n) is 2.80. The van der Waals surface area contributed by atoms with E-state index in [4.69, 9.17) is 9.15 Å². The Morgan fingerprint density at radius 2 is 2.04 bits per heavy atom. The van der Waals surface area contributed by atoms with Crippen LogP contribution in [0.25, 0.3) is 11.1 Å². The minimum Gasteiger partial charge on any atom is -0.468 e. The number of rotatable bonds is 7. The van der Waals surface area contributed by atoms with Crippen LogP contribution in [0.4, 0.5) is 0 Å². The third kappa shape index (κ3) is 4.56. The van der Waals surface area contributed by atoms with E-state index in [2.05, 4.69) is 14.4 Å². The molecule has 0 saturated carbocycles. The van der Waals surface area contributed by atoms with Gasteiger partial charge in [0.1, 0.15) is 6.54 Å². The van der Waals surface area contributed by atoms with E-state index in [0.717, 1.165) is 17.7 Å². The van der Waals surface area contributed by atoms with Crippen molar-refractivity contribution >= 4 is 27.1 Å². The maximum atomic E-state index is 12.5. The van der Waals surface area contributed by atoms with Crippen molar-refractivity contribution in [1.29, 1.82) is 0 Å². The Bertz CT molecular complexity index is 974. The van der Waals surface area contributed by atoms with Crippen LogP contribution in [-0.4, -0.2) is 70.4 Å². The third-order valence-electron chi connectivity index (χ3n) is 4.29. The van der Waals surface area contributed by atoms with Gasteiger partial charge in [-0.1, -0.05) is 0 Å². The minimum atomic E-state index is -3.75. The summed E-state index contributed by atoms with van der Waals surface area (Å²) in [4.78, 5) is 25.4. The first-order valence-electron chi connectivity index (χ1n) is 8.41. The highest BCUT2D eigenvalue weighted by Gasteiger charge is 2.19. The number of hydrogen-bond donors (Lipinski definition) is 1. The second-order valence-corrected chi connectivity index (χ2v) is 7.78. The van der Waals surface area contributed by atoms with Crippen LogP contribution < -0.4 is 10.5 Å². The lowest BCUT2D eigenvalue weighted by molar-refractivity contribution is -0.141. The van der Waals surface area contributed by atoms with Gasteiger partial charge >= 0.3 is 11.7 Å². The average molecular weight is 399 g/mol. The molecule has 0 unspecified atom stereocenters. The second-order valence-electron chi connectivity index (χ2n) is 6.01. The first-order valence-corrected chi connectivity index (χ1v) is 9.89. The summed E-state index contributed by atoms with van der Waals surface area (Å²) in [5, 5.41) is 0. The van der Waals surface area contributed by atoms with E-state index in [-0.39, 0.29) is 23.6 Å². The number of fused-ring (bicyclic) bond motifs is 1. The number of methoxy groups -OCH3 is 1. The molecule has 1 aromatic carbocycles. The van der Waals surface area contributed by atoms with Crippen LogP contribution in [0.1, 0.15) is 0 Å². The quantitative estimate of drug-likeness (QED) is 0.612. The lowest BCUT2D eigenvalue weighted by atomic mass is 10.3. The monoisotopic (exact) mass is 399 g/mol. The summed E-state index contributed by atoms with van der Waals surface area (Å²) in [5.41, 5.74) is 0.401. The van der Waals surface area contributed by atoms with Gasteiger partial charge in [-0.15, -0.1) is 0 Å². The van der Waals surface area contributed by atoms with Crippen molar-refractivity contribution in [2.24, 2.45) is 0 Å². The van der Waals surface area contributed by atoms with Crippen molar-refractivity contribution in [3.05, 3.63) is 28.7 Å². The zero-order valence-corrected chi connectivity index (χ0v) is 15.7. The molecular weight excluding hydrogens is 378 g/mol.